The van der Waals surface area contributed by atoms with Crippen molar-refractivity contribution in [1.82, 2.24) is 5.32 Å². The average molecular weight is 346 g/mol. The summed E-state index contributed by atoms with van der Waals surface area (Å²) in [5.41, 5.74) is 0. The van der Waals surface area contributed by atoms with Gasteiger partial charge in [0.1, 0.15) is 11.0 Å². The number of carbonyl (C=O) groups excluding carboxylic acids is 1. The lowest BCUT2D eigenvalue weighted by atomic mass is 10.3. The van der Waals surface area contributed by atoms with Crippen LogP contribution in [0.25, 0.3) is 0 Å². The first-order chi connectivity index (χ1) is 9.04. The number of aliphatic carboxylic acids is 1. The Bertz CT molecular complexity index is 569. The van der Waals surface area contributed by atoms with E-state index >= 15 is 0 Å². The van der Waals surface area contributed by atoms with Crippen molar-refractivity contribution in [2.24, 2.45) is 10.2 Å². The molecular weight excluding hydrogens is 338 g/mol. The second-order valence-electron chi connectivity index (χ2n) is 3.49. The maximum Gasteiger partial charge on any atom is 0.305 e. The molecule has 0 aromatic carbocycles. The van der Waals surface area contributed by atoms with Gasteiger partial charge >= 0.3 is 5.97 Å². The van der Waals surface area contributed by atoms with Gasteiger partial charge < -0.3 is 14.8 Å². The summed E-state index contributed by atoms with van der Waals surface area (Å²) in [5, 5.41) is 18.2. The van der Waals surface area contributed by atoms with Crippen molar-refractivity contribution in [1.29, 1.82) is 0 Å². The SMILES string of the molecule is O=C(O)C[C@@H]1S/C(=N\N=Cc2ccc(Br)o2)NC1=O. The van der Waals surface area contributed by atoms with Gasteiger partial charge in [-0.05, 0) is 28.1 Å². The van der Waals surface area contributed by atoms with Crippen LogP contribution in [0.15, 0.2) is 31.4 Å². The highest BCUT2D eigenvalue weighted by atomic mass is 79.9. The highest BCUT2D eigenvalue weighted by molar-refractivity contribution is 9.10. The van der Waals surface area contributed by atoms with E-state index in [1.165, 1.54) is 6.21 Å². The van der Waals surface area contributed by atoms with Crippen molar-refractivity contribution in [3.63, 3.8) is 0 Å². The molecular formula is C10H8BrN3O4S. The van der Waals surface area contributed by atoms with Gasteiger partial charge in [-0.3, -0.25) is 9.59 Å². The highest BCUT2D eigenvalue weighted by Crippen LogP contribution is 2.22. The highest BCUT2D eigenvalue weighted by Gasteiger charge is 2.32. The lowest BCUT2D eigenvalue weighted by Gasteiger charge is -1.97. The summed E-state index contributed by atoms with van der Waals surface area (Å²) in [6.45, 7) is 0. The second-order valence-corrected chi connectivity index (χ2v) is 5.46. The van der Waals surface area contributed by atoms with Crippen LogP contribution in [0, 0.1) is 0 Å². The maximum atomic E-state index is 11.4. The number of hydrogen-bond donors (Lipinski definition) is 2. The quantitative estimate of drug-likeness (QED) is 0.634. The molecule has 0 saturated carbocycles. The van der Waals surface area contributed by atoms with Gasteiger partial charge in [0.25, 0.3) is 0 Å². The molecule has 0 unspecified atom stereocenters. The molecule has 2 N–H and O–H groups in total. The van der Waals surface area contributed by atoms with E-state index in [-0.39, 0.29) is 17.5 Å². The summed E-state index contributed by atoms with van der Waals surface area (Å²) in [5.74, 6) is -0.896. The number of amidine groups is 1. The average Bonchev–Trinajstić information content (AvgIpc) is 2.86. The van der Waals surface area contributed by atoms with E-state index in [0.717, 1.165) is 11.8 Å². The Morgan fingerprint density at radius 3 is 3.05 bits per heavy atom. The van der Waals surface area contributed by atoms with Crippen LogP contribution in [0.4, 0.5) is 0 Å². The molecule has 1 saturated heterocycles. The Morgan fingerprint density at radius 2 is 2.42 bits per heavy atom. The monoisotopic (exact) mass is 345 g/mol. The number of halogens is 1. The molecule has 100 valence electrons. The summed E-state index contributed by atoms with van der Waals surface area (Å²) >= 11 is 4.19. The lowest BCUT2D eigenvalue weighted by Crippen LogP contribution is -2.26. The summed E-state index contributed by atoms with van der Waals surface area (Å²) in [6, 6.07) is 3.41. The molecule has 1 aliphatic rings. The van der Waals surface area contributed by atoms with Gasteiger partial charge in [-0.15, -0.1) is 5.10 Å². The van der Waals surface area contributed by atoms with Crippen LogP contribution in [0.5, 0.6) is 0 Å². The summed E-state index contributed by atoms with van der Waals surface area (Å²) in [6.07, 6.45) is 1.14. The zero-order valence-electron chi connectivity index (χ0n) is 9.37. The second kappa shape index (κ2) is 6.02. The molecule has 0 radical (unpaired) electrons. The number of furan rings is 1. The number of carboxylic acid groups (broad SMARTS) is 1. The number of nitrogens with zero attached hydrogens (tertiary/aromatic N) is 2. The van der Waals surface area contributed by atoms with E-state index in [2.05, 4.69) is 31.4 Å². The Labute approximate surface area is 120 Å². The summed E-state index contributed by atoms with van der Waals surface area (Å²) < 4.78 is 5.74. The first-order valence-electron chi connectivity index (χ1n) is 5.10. The van der Waals surface area contributed by atoms with Gasteiger partial charge in [-0.2, -0.15) is 5.10 Å². The molecule has 0 spiro atoms. The minimum Gasteiger partial charge on any atom is -0.481 e. The minimum absolute atomic E-state index is 0.246. The number of rotatable bonds is 4. The van der Waals surface area contributed by atoms with Crippen LogP contribution < -0.4 is 5.32 Å². The van der Waals surface area contributed by atoms with Crippen LogP contribution in [0.1, 0.15) is 12.2 Å². The molecule has 1 aromatic rings. The number of amides is 1. The van der Waals surface area contributed by atoms with E-state index in [4.69, 9.17) is 9.52 Å². The molecule has 9 heteroatoms. The van der Waals surface area contributed by atoms with Crippen LogP contribution in [0.2, 0.25) is 0 Å². The van der Waals surface area contributed by atoms with E-state index < -0.39 is 11.2 Å². The van der Waals surface area contributed by atoms with E-state index in [0.29, 0.717) is 10.4 Å². The molecule has 0 aliphatic carbocycles. The van der Waals surface area contributed by atoms with E-state index in [1.807, 2.05) is 0 Å². The molecule has 2 heterocycles. The van der Waals surface area contributed by atoms with E-state index in [1.54, 1.807) is 12.1 Å². The predicted molar refractivity (Wildman–Crippen MR) is 73.2 cm³/mol. The first kappa shape index (κ1) is 13.8. The Kier molecular flexibility index (Phi) is 4.38. The summed E-state index contributed by atoms with van der Waals surface area (Å²) in [7, 11) is 0. The van der Waals surface area contributed by atoms with Crippen LogP contribution in [-0.2, 0) is 9.59 Å². The predicted octanol–water partition coefficient (Wildman–Crippen LogP) is 1.44. The van der Waals surface area contributed by atoms with Crippen molar-refractivity contribution in [3.05, 3.63) is 22.6 Å². The van der Waals surface area contributed by atoms with Crippen LogP contribution in [-0.4, -0.2) is 33.6 Å². The van der Waals surface area contributed by atoms with Crippen molar-refractivity contribution in [3.8, 4) is 0 Å². The third-order valence-electron chi connectivity index (χ3n) is 2.06. The molecule has 1 aromatic heterocycles. The van der Waals surface area contributed by atoms with Crippen LogP contribution in [0.3, 0.4) is 0 Å². The number of nitrogens with one attached hydrogen (secondary N) is 1. The zero-order valence-corrected chi connectivity index (χ0v) is 11.8. The van der Waals surface area contributed by atoms with Gasteiger partial charge in [0.05, 0.1) is 12.6 Å². The van der Waals surface area contributed by atoms with Crippen molar-refractivity contribution < 1.29 is 19.1 Å². The van der Waals surface area contributed by atoms with Crippen molar-refractivity contribution in [2.45, 2.75) is 11.7 Å². The van der Waals surface area contributed by atoms with Crippen molar-refractivity contribution in [2.75, 3.05) is 0 Å². The van der Waals surface area contributed by atoms with Gasteiger partial charge in [-0.25, -0.2) is 0 Å². The molecule has 1 atom stereocenters. The fourth-order valence-electron chi connectivity index (χ4n) is 1.28. The number of thioether (sulfide) groups is 1. The number of carbonyl (C=O) groups is 2. The minimum atomic E-state index is -1.03. The normalized spacial score (nSPS) is 21.2. The van der Waals surface area contributed by atoms with E-state index in [9.17, 15) is 9.59 Å². The number of hydrogen-bond acceptors (Lipinski definition) is 6. The van der Waals surface area contributed by atoms with Crippen molar-refractivity contribution >= 4 is 51.0 Å². The lowest BCUT2D eigenvalue weighted by molar-refractivity contribution is -0.138. The molecule has 19 heavy (non-hydrogen) atoms. The zero-order chi connectivity index (χ0) is 13.8. The first-order valence-corrected chi connectivity index (χ1v) is 6.77. The largest absolute Gasteiger partial charge is 0.481 e. The van der Waals surface area contributed by atoms with Gasteiger partial charge in [-0.1, -0.05) is 11.8 Å². The third-order valence-corrected chi connectivity index (χ3v) is 3.56. The fourth-order valence-corrected chi connectivity index (χ4v) is 2.52. The summed E-state index contributed by atoms with van der Waals surface area (Å²) in [4.78, 5) is 21.9. The van der Waals surface area contributed by atoms with Gasteiger partial charge in [0, 0.05) is 0 Å². The molecule has 1 fully saturated rings. The Morgan fingerprint density at radius 1 is 1.63 bits per heavy atom. The number of carboxylic acids is 1. The Hall–Kier alpha value is -1.61. The topological polar surface area (TPSA) is 104 Å². The van der Waals surface area contributed by atoms with Crippen LogP contribution >= 0.6 is 27.7 Å². The maximum absolute atomic E-state index is 11.4. The molecule has 1 aliphatic heterocycles. The third kappa shape index (κ3) is 3.93. The molecule has 1 amide bonds. The Balaban J connectivity index is 1.96. The fraction of sp³-hybridized carbons (Fsp3) is 0.200. The smallest absolute Gasteiger partial charge is 0.305 e. The van der Waals surface area contributed by atoms with Gasteiger partial charge in [0.15, 0.2) is 9.84 Å². The molecule has 7 nitrogen and oxygen atoms in total. The standard InChI is InChI=1S/C10H8BrN3O4S/c11-7-2-1-5(18-7)4-12-14-10-13-9(17)6(19-10)3-8(15)16/h1-2,4,6H,3H2,(H,15,16)(H,13,14,17)/t6-/m0/s1. The molecule has 0 bridgehead atoms. The molecule has 2 rings (SSSR count). The van der Waals surface area contributed by atoms with Gasteiger partial charge in [0.2, 0.25) is 5.91 Å².